The zero-order valence-electron chi connectivity index (χ0n) is 21.7. The van der Waals surface area contributed by atoms with Crippen molar-refractivity contribution in [1.29, 1.82) is 5.26 Å². The van der Waals surface area contributed by atoms with Gasteiger partial charge in [-0.25, -0.2) is 4.98 Å². The average molecular weight is 561 g/mol. The Hall–Kier alpha value is -5.39. The molecule has 0 aliphatic rings. The molecule has 0 N–H and O–H groups in total. The predicted molar refractivity (Wildman–Crippen MR) is 158 cm³/mol. The second kappa shape index (κ2) is 11.0. The Morgan fingerprint density at radius 3 is 2.66 bits per heavy atom. The number of hydrogen-bond donors (Lipinski definition) is 0. The number of fused-ring (bicyclic) bond motifs is 2. The molecule has 0 atom stereocenters. The van der Waals surface area contributed by atoms with Crippen LogP contribution in [0.1, 0.15) is 16.7 Å². The molecule has 0 amide bonds. The molecule has 4 aromatic carbocycles. The highest BCUT2D eigenvalue weighted by molar-refractivity contribution is 6.32. The summed E-state index contributed by atoms with van der Waals surface area (Å²) in [4.78, 5) is 18.3. The van der Waals surface area contributed by atoms with Crippen LogP contribution in [0.15, 0.2) is 105 Å². The van der Waals surface area contributed by atoms with Crippen LogP contribution in [0.4, 0.5) is 0 Å². The number of halogens is 1. The van der Waals surface area contributed by atoms with E-state index in [4.69, 9.17) is 30.5 Å². The number of nitriles is 1. The van der Waals surface area contributed by atoms with Crippen molar-refractivity contribution in [2.45, 2.75) is 6.61 Å². The molecule has 0 aliphatic carbocycles. The predicted octanol–water partition coefficient (Wildman–Crippen LogP) is 6.80. The lowest BCUT2D eigenvalue weighted by atomic mass is 10.1. The number of para-hydroxylation sites is 2. The van der Waals surface area contributed by atoms with E-state index < -0.39 is 0 Å². The van der Waals surface area contributed by atoms with Crippen LogP contribution in [0.2, 0.25) is 5.02 Å². The van der Waals surface area contributed by atoms with E-state index in [2.05, 4.69) is 11.2 Å². The van der Waals surface area contributed by atoms with Crippen molar-refractivity contribution in [3.63, 3.8) is 0 Å². The van der Waals surface area contributed by atoms with Gasteiger partial charge in [-0.2, -0.15) is 15.0 Å². The van der Waals surface area contributed by atoms with Crippen molar-refractivity contribution >= 4 is 39.7 Å². The number of furan rings is 1. The van der Waals surface area contributed by atoms with E-state index in [9.17, 15) is 10.1 Å². The Bertz CT molecular complexity index is 2020. The van der Waals surface area contributed by atoms with Gasteiger partial charge in [0.1, 0.15) is 12.2 Å². The Balaban J connectivity index is 1.39. The van der Waals surface area contributed by atoms with E-state index in [1.807, 2.05) is 48.5 Å². The van der Waals surface area contributed by atoms with Crippen molar-refractivity contribution in [1.82, 2.24) is 9.66 Å². The zero-order chi connectivity index (χ0) is 28.3. The Morgan fingerprint density at radius 1 is 1.05 bits per heavy atom. The molecule has 2 heterocycles. The highest BCUT2D eigenvalue weighted by atomic mass is 35.5. The average Bonchev–Trinajstić information content (AvgIpc) is 3.44. The van der Waals surface area contributed by atoms with Crippen LogP contribution in [-0.2, 0) is 6.61 Å². The molecule has 0 saturated carbocycles. The van der Waals surface area contributed by atoms with Gasteiger partial charge in [0.2, 0.25) is 5.82 Å². The molecule has 0 unspecified atom stereocenters. The van der Waals surface area contributed by atoms with Gasteiger partial charge in [0.05, 0.1) is 40.9 Å². The first-order valence-corrected chi connectivity index (χ1v) is 13.0. The molecule has 0 bridgehead atoms. The summed E-state index contributed by atoms with van der Waals surface area (Å²) in [5.41, 5.74) is 2.65. The second-order valence-corrected chi connectivity index (χ2v) is 9.46. The zero-order valence-corrected chi connectivity index (χ0v) is 22.5. The molecule has 9 heteroatoms. The van der Waals surface area contributed by atoms with Crippen molar-refractivity contribution in [2.24, 2.45) is 5.10 Å². The molecular formula is C32H21ClN4O4. The molecule has 200 valence electrons. The molecule has 6 rings (SSSR count). The van der Waals surface area contributed by atoms with Gasteiger partial charge in [0.25, 0.3) is 5.56 Å². The van der Waals surface area contributed by atoms with Crippen LogP contribution >= 0.6 is 11.6 Å². The molecule has 0 aliphatic heterocycles. The van der Waals surface area contributed by atoms with Gasteiger partial charge in [0.15, 0.2) is 17.3 Å². The molecule has 2 aromatic heterocycles. The van der Waals surface area contributed by atoms with Crippen LogP contribution in [-0.4, -0.2) is 23.0 Å². The fourth-order valence-corrected chi connectivity index (χ4v) is 4.74. The quantitative estimate of drug-likeness (QED) is 0.199. The number of ether oxygens (including phenoxy) is 2. The van der Waals surface area contributed by atoms with E-state index >= 15 is 0 Å². The third-order valence-corrected chi connectivity index (χ3v) is 6.76. The Labute approximate surface area is 239 Å². The van der Waals surface area contributed by atoms with E-state index in [-0.39, 0.29) is 23.0 Å². The normalized spacial score (nSPS) is 11.2. The minimum Gasteiger partial charge on any atom is -0.493 e. The fourth-order valence-electron chi connectivity index (χ4n) is 4.47. The number of hydrogen-bond acceptors (Lipinski definition) is 7. The number of nitrogens with zero attached hydrogens (tertiary/aromatic N) is 4. The first-order valence-electron chi connectivity index (χ1n) is 12.6. The molecule has 0 spiro atoms. The monoisotopic (exact) mass is 560 g/mol. The molecule has 6 aromatic rings. The largest absolute Gasteiger partial charge is 0.493 e. The lowest BCUT2D eigenvalue weighted by Gasteiger charge is -2.14. The summed E-state index contributed by atoms with van der Waals surface area (Å²) in [7, 11) is 1.50. The minimum absolute atomic E-state index is 0.131. The fraction of sp³-hybridized carbons (Fsp3) is 0.0625. The second-order valence-electron chi connectivity index (χ2n) is 9.05. The Kier molecular flexibility index (Phi) is 6.94. The number of benzene rings is 4. The number of aromatic nitrogens is 2. The van der Waals surface area contributed by atoms with Crippen LogP contribution in [0.5, 0.6) is 11.5 Å². The van der Waals surface area contributed by atoms with Crippen molar-refractivity contribution in [2.75, 3.05) is 7.11 Å². The lowest BCUT2D eigenvalue weighted by Crippen LogP contribution is -2.20. The summed E-state index contributed by atoms with van der Waals surface area (Å²) in [6, 6.07) is 29.1. The van der Waals surface area contributed by atoms with Crippen molar-refractivity contribution in [3.05, 3.63) is 123 Å². The van der Waals surface area contributed by atoms with Crippen LogP contribution < -0.4 is 15.0 Å². The van der Waals surface area contributed by atoms with Gasteiger partial charge >= 0.3 is 0 Å². The maximum absolute atomic E-state index is 13.5. The first kappa shape index (κ1) is 25.9. The highest BCUT2D eigenvalue weighted by Crippen LogP contribution is 2.37. The third kappa shape index (κ3) is 5.02. The Morgan fingerprint density at radius 2 is 1.83 bits per heavy atom. The maximum Gasteiger partial charge on any atom is 0.282 e. The number of rotatable bonds is 7. The maximum atomic E-state index is 13.5. The molecule has 0 saturated heterocycles. The van der Waals surface area contributed by atoms with Gasteiger partial charge in [-0.3, -0.25) is 4.79 Å². The molecule has 0 radical (unpaired) electrons. The summed E-state index contributed by atoms with van der Waals surface area (Å²) in [5.74, 6) is 1.36. The standard InChI is InChI=1S/C32H21ClN4O4/c1-39-28-15-20(14-25(33)30(28)40-19-23-10-3-2-9-22(23)17-34)18-35-37-31(29-16-21-8-4-7-13-27(21)41-29)36-26-12-6-5-11-24(26)32(37)38/h2-16,18H,19H2,1H3. The minimum atomic E-state index is -0.350. The summed E-state index contributed by atoms with van der Waals surface area (Å²) in [6.45, 7) is 0.131. The van der Waals surface area contributed by atoms with Gasteiger partial charge in [-0.05, 0) is 48.0 Å². The van der Waals surface area contributed by atoms with Crippen LogP contribution in [0.25, 0.3) is 33.5 Å². The SMILES string of the molecule is COc1cc(C=Nn2c(-c3cc4ccccc4o3)nc3ccccc3c2=O)cc(Cl)c1OCc1ccccc1C#N. The highest BCUT2D eigenvalue weighted by Gasteiger charge is 2.17. The topological polar surface area (TPSA) is 103 Å². The smallest absolute Gasteiger partial charge is 0.282 e. The third-order valence-electron chi connectivity index (χ3n) is 6.48. The van der Waals surface area contributed by atoms with E-state index in [0.29, 0.717) is 44.9 Å². The van der Waals surface area contributed by atoms with Gasteiger partial charge in [-0.1, -0.05) is 60.1 Å². The summed E-state index contributed by atoms with van der Waals surface area (Å²) < 4.78 is 18.7. The summed E-state index contributed by atoms with van der Waals surface area (Å²) in [5, 5.41) is 15.4. The van der Waals surface area contributed by atoms with Crippen molar-refractivity contribution < 1.29 is 13.9 Å². The number of methoxy groups -OCH3 is 1. The van der Waals surface area contributed by atoms with Crippen molar-refractivity contribution in [3.8, 4) is 29.2 Å². The van der Waals surface area contributed by atoms with Crippen LogP contribution in [0.3, 0.4) is 0 Å². The van der Waals surface area contributed by atoms with Gasteiger partial charge < -0.3 is 13.9 Å². The molecular weight excluding hydrogens is 540 g/mol. The first-order chi connectivity index (χ1) is 20.1. The molecule has 8 nitrogen and oxygen atoms in total. The van der Waals surface area contributed by atoms with E-state index in [1.165, 1.54) is 18.0 Å². The molecule has 41 heavy (non-hydrogen) atoms. The molecule has 0 fully saturated rings. The lowest BCUT2D eigenvalue weighted by molar-refractivity contribution is 0.284. The summed E-state index contributed by atoms with van der Waals surface area (Å²) >= 11 is 6.59. The summed E-state index contributed by atoms with van der Waals surface area (Å²) in [6.07, 6.45) is 1.49. The van der Waals surface area contributed by atoms with Crippen LogP contribution in [0, 0.1) is 11.3 Å². The van der Waals surface area contributed by atoms with E-state index in [0.717, 1.165) is 10.9 Å². The van der Waals surface area contributed by atoms with Gasteiger partial charge in [0, 0.05) is 10.9 Å². The van der Waals surface area contributed by atoms with Gasteiger partial charge in [-0.15, -0.1) is 0 Å². The van der Waals surface area contributed by atoms with E-state index in [1.54, 1.807) is 42.5 Å².